The fourth-order valence-electron chi connectivity index (χ4n) is 4.88. The molecule has 8 atom stereocenters. The Kier molecular flexibility index (Phi) is 7.55. The van der Waals surface area contributed by atoms with E-state index in [1.54, 1.807) is 17.7 Å². The summed E-state index contributed by atoms with van der Waals surface area (Å²) in [6.45, 7) is 2.76. The summed E-state index contributed by atoms with van der Waals surface area (Å²) in [7, 11) is 0. The summed E-state index contributed by atoms with van der Waals surface area (Å²) >= 11 is 0. The summed E-state index contributed by atoms with van der Waals surface area (Å²) < 4.78 is 14.0. The van der Waals surface area contributed by atoms with Crippen molar-refractivity contribution in [2.24, 2.45) is 0 Å². The van der Waals surface area contributed by atoms with Gasteiger partial charge in [0.2, 0.25) is 0 Å². The van der Waals surface area contributed by atoms with Crippen LogP contribution in [-0.2, 0) is 9.47 Å². The van der Waals surface area contributed by atoms with Gasteiger partial charge in [0.25, 0.3) is 0 Å². The number of nitrogen functional groups attached to an aromatic ring is 2. The Morgan fingerprint density at radius 2 is 1.30 bits per heavy atom. The van der Waals surface area contributed by atoms with Crippen LogP contribution in [0.2, 0.25) is 0 Å². The molecule has 2 aliphatic heterocycles. The zero-order valence-corrected chi connectivity index (χ0v) is 21.6. The Morgan fingerprint density at radius 3 is 1.88 bits per heavy atom. The highest BCUT2D eigenvalue weighted by atomic mass is 16.6. The van der Waals surface area contributed by atoms with E-state index in [-0.39, 0.29) is 18.2 Å². The number of anilines is 2. The van der Waals surface area contributed by atoms with Gasteiger partial charge in [0.1, 0.15) is 53.5 Å². The number of aromatic nitrogens is 7. The lowest BCUT2D eigenvalue weighted by atomic mass is 10.1. The lowest BCUT2D eigenvalue weighted by Crippen LogP contribution is -2.33. The van der Waals surface area contributed by atoms with Crippen molar-refractivity contribution in [1.82, 2.24) is 34.1 Å². The van der Waals surface area contributed by atoms with Crippen LogP contribution in [0.25, 0.3) is 22.2 Å². The van der Waals surface area contributed by atoms with Gasteiger partial charge in [-0.15, -0.1) is 0 Å². The van der Waals surface area contributed by atoms with E-state index in [1.165, 1.54) is 17.2 Å². The second kappa shape index (κ2) is 10.8. The maximum absolute atomic E-state index is 10.1. The van der Waals surface area contributed by atoms with Crippen LogP contribution >= 0.6 is 0 Å². The molecule has 4 aromatic rings. The van der Waals surface area contributed by atoms with Gasteiger partial charge in [-0.2, -0.15) is 0 Å². The zero-order valence-electron chi connectivity index (χ0n) is 21.6. The number of fused-ring (bicyclic) bond motifs is 2. The summed E-state index contributed by atoms with van der Waals surface area (Å²) in [5.41, 5.74) is 14.4. The van der Waals surface area contributed by atoms with Crippen LogP contribution in [-0.4, -0.2) is 115 Å². The fraction of sp³-hybridized carbons (Fsp3) is 0.522. The number of nitrogens with zero attached hydrogens (tertiary/aromatic N) is 7. The molecular weight excluding hydrogens is 530 g/mol. The number of pyridine rings is 1. The maximum atomic E-state index is 10.1. The topological polar surface area (TPSA) is 266 Å². The third-order valence-electron chi connectivity index (χ3n) is 6.95. The molecule has 17 nitrogen and oxygen atoms in total. The summed E-state index contributed by atoms with van der Waals surface area (Å²) in [5.74, 6) is 0.984. The first-order valence-electron chi connectivity index (χ1n) is 12.4. The number of hydrogen-bond acceptors (Lipinski definition) is 15. The monoisotopic (exact) mass is 561 g/mol. The average molecular weight is 562 g/mol. The first-order valence-corrected chi connectivity index (χ1v) is 12.4. The number of rotatable bonds is 4. The molecule has 0 bridgehead atoms. The van der Waals surface area contributed by atoms with E-state index < -0.39 is 55.7 Å². The molecule has 40 heavy (non-hydrogen) atoms. The third-order valence-corrected chi connectivity index (χ3v) is 6.95. The molecule has 216 valence electrons. The number of aliphatic hydroxyl groups is 6. The van der Waals surface area contributed by atoms with Crippen molar-refractivity contribution in [2.75, 3.05) is 24.7 Å². The molecule has 10 N–H and O–H groups in total. The summed E-state index contributed by atoms with van der Waals surface area (Å²) in [6.07, 6.45) is -3.57. The standard InChI is InChI=1S/C12H16N4O4.C11H15N5O4/c1-5-2-14-11(13)7-8(5)16(4-15-7)12-10(19)9(18)6(3-17)20-12;1-4-14-9(12)6-10(15-4)16(3-13-6)11-8(19)7(18)5(2-17)20-11/h2,4,6,9-10,12,17-19H,3H2,1H3,(H2,13,14);3,5,7-8,11,17-19H,2H2,1H3,(H2,12,14,15)/t6-,9-,10-,12-;5-,7-,8-,11-/m11/s1. The minimum atomic E-state index is -1.19. The van der Waals surface area contributed by atoms with E-state index >= 15 is 0 Å². The minimum Gasteiger partial charge on any atom is -0.394 e. The molecule has 0 aromatic carbocycles. The van der Waals surface area contributed by atoms with Crippen LogP contribution < -0.4 is 11.5 Å². The molecule has 4 aromatic heterocycles. The van der Waals surface area contributed by atoms with E-state index in [4.69, 9.17) is 31.2 Å². The lowest BCUT2D eigenvalue weighted by molar-refractivity contribution is -0.0511. The van der Waals surface area contributed by atoms with Crippen molar-refractivity contribution in [3.63, 3.8) is 0 Å². The molecule has 0 radical (unpaired) electrons. The molecule has 6 heterocycles. The highest BCUT2D eigenvalue weighted by molar-refractivity contribution is 5.87. The second-order valence-electron chi connectivity index (χ2n) is 9.61. The predicted molar refractivity (Wildman–Crippen MR) is 137 cm³/mol. The van der Waals surface area contributed by atoms with Crippen molar-refractivity contribution in [3.8, 4) is 0 Å². The Hall–Kier alpha value is -3.55. The van der Waals surface area contributed by atoms with Crippen molar-refractivity contribution < 1.29 is 40.1 Å². The van der Waals surface area contributed by atoms with Gasteiger partial charge in [-0.3, -0.25) is 4.57 Å². The van der Waals surface area contributed by atoms with Gasteiger partial charge in [0, 0.05) is 6.20 Å². The van der Waals surface area contributed by atoms with E-state index in [0.29, 0.717) is 28.0 Å². The molecule has 2 saturated heterocycles. The molecule has 17 heteroatoms. The Balaban J connectivity index is 0.000000161. The van der Waals surface area contributed by atoms with E-state index in [9.17, 15) is 20.4 Å². The molecule has 2 fully saturated rings. The first-order chi connectivity index (χ1) is 19.1. The SMILES string of the molecule is Cc1cnc(N)c2ncn([C@@H]3O[C@H](CO)[C@@H](O)[C@H]3O)c12.Cc1nc(N)c2ncn([C@@H]3O[C@H](CO)[C@@H](O)[C@H]3O)c2n1. The van der Waals surface area contributed by atoms with Crippen LogP contribution in [0.15, 0.2) is 18.9 Å². The Bertz CT molecular complexity index is 1510. The second-order valence-corrected chi connectivity index (χ2v) is 9.61. The van der Waals surface area contributed by atoms with Crippen LogP contribution in [0.3, 0.4) is 0 Å². The molecule has 2 aliphatic rings. The van der Waals surface area contributed by atoms with Gasteiger partial charge in [0.05, 0.1) is 31.4 Å². The fourth-order valence-corrected chi connectivity index (χ4v) is 4.88. The molecule has 0 aliphatic carbocycles. The Morgan fingerprint density at radius 1 is 0.750 bits per heavy atom. The van der Waals surface area contributed by atoms with Crippen LogP contribution in [0.1, 0.15) is 23.8 Å². The maximum Gasteiger partial charge on any atom is 0.167 e. The lowest BCUT2D eigenvalue weighted by Gasteiger charge is -2.17. The van der Waals surface area contributed by atoms with Crippen molar-refractivity contribution in [1.29, 1.82) is 0 Å². The van der Waals surface area contributed by atoms with Gasteiger partial charge in [-0.05, 0) is 19.4 Å². The number of ether oxygens (including phenoxy) is 2. The largest absolute Gasteiger partial charge is 0.394 e. The zero-order chi connectivity index (χ0) is 28.9. The molecule has 0 saturated carbocycles. The highest BCUT2D eigenvalue weighted by Gasteiger charge is 2.45. The average Bonchev–Trinajstić information content (AvgIpc) is 3.68. The first kappa shape index (κ1) is 28.0. The van der Waals surface area contributed by atoms with Gasteiger partial charge in [0.15, 0.2) is 29.7 Å². The number of aryl methyl sites for hydroxylation is 2. The normalized spacial score (nSPS) is 30.2. The number of nitrogens with two attached hydrogens (primary N) is 2. The van der Waals surface area contributed by atoms with Crippen LogP contribution in [0.4, 0.5) is 11.6 Å². The van der Waals surface area contributed by atoms with Crippen molar-refractivity contribution in [2.45, 2.75) is 62.9 Å². The number of imidazole rings is 2. The highest BCUT2D eigenvalue weighted by Crippen LogP contribution is 2.34. The molecule has 0 unspecified atom stereocenters. The van der Waals surface area contributed by atoms with E-state index in [1.807, 2.05) is 6.92 Å². The summed E-state index contributed by atoms with van der Waals surface area (Å²) in [5, 5.41) is 57.9. The van der Waals surface area contributed by atoms with Gasteiger partial charge >= 0.3 is 0 Å². The minimum absolute atomic E-state index is 0.234. The number of hydrogen-bond donors (Lipinski definition) is 8. The molecule has 6 rings (SSSR count). The van der Waals surface area contributed by atoms with E-state index in [2.05, 4.69) is 24.9 Å². The third kappa shape index (κ3) is 4.61. The van der Waals surface area contributed by atoms with Gasteiger partial charge < -0.3 is 56.1 Å². The molecule has 0 spiro atoms. The van der Waals surface area contributed by atoms with Crippen molar-refractivity contribution in [3.05, 3.63) is 30.2 Å². The van der Waals surface area contributed by atoms with Crippen molar-refractivity contribution >= 4 is 33.8 Å². The van der Waals surface area contributed by atoms with Crippen LogP contribution in [0, 0.1) is 13.8 Å². The summed E-state index contributed by atoms with van der Waals surface area (Å²) in [4.78, 5) is 20.5. The smallest absolute Gasteiger partial charge is 0.167 e. The van der Waals surface area contributed by atoms with Crippen LogP contribution in [0.5, 0.6) is 0 Å². The molecular formula is C23H31N9O8. The molecule has 0 amide bonds. The number of aliphatic hydroxyl groups excluding tert-OH is 6. The Labute approximate surface area is 226 Å². The quantitative estimate of drug-likeness (QED) is 0.126. The predicted octanol–water partition coefficient (Wildman–Crippen LogP) is -2.74. The summed E-state index contributed by atoms with van der Waals surface area (Å²) in [6, 6.07) is 0. The van der Waals surface area contributed by atoms with E-state index in [0.717, 1.165) is 5.56 Å². The van der Waals surface area contributed by atoms with Gasteiger partial charge in [-0.25, -0.2) is 24.9 Å². The van der Waals surface area contributed by atoms with Gasteiger partial charge in [-0.1, -0.05) is 0 Å².